The number of carbonyl (C=O) groups is 1. The van der Waals surface area contributed by atoms with Gasteiger partial charge in [0.15, 0.2) is 0 Å². The quantitative estimate of drug-likeness (QED) is 0.819. The number of rotatable bonds is 5. The third-order valence-corrected chi connectivity index (χ3v) is 6.52. The maximum atomic E-state index is 12.7. The lowest BCUT2D eigenvalue weighted by atomic mass is 10.00. The van der Waals surface area contributed by atoms with Crippen LogP contribution in [0.3, 0.4) is 0 Å². The van der Waals surface area contributed by atoms with Gasteiger partial charge in [-0.3, -0.25) is 0 Å². The van der Waals surface area contributed by atoms with E-state index < -0.39 is 16.0 Å². The summed E-state index contributed by atoms with van der Waals surface area (Å²) in [5.74, 6) is -0.300. The van der Waals surface area contributed by atoms with E-state index in [1.165, 1.54) is 17.5 Å². The van der Waals surface area contributed by atoms with E-state index in [1.807, 2.05) is 7.05 Å². The van der Waals surface area contributed by atoms with Gasteiger partial charge in [-0.2, -0.15) is 4.31 Å². The summed E-state index contributed by atoms with van der Waals surface area (Å²) in [7, 11) is -0.526. The van der Waals surface area contributed by atoms with Crippen molar-refractivity contribution in [2.24, 2.45) is 5.92 Å². The summed E-state index contributed by atoms with van der Waals surface area (Å²) < 4.78 is 31.6. The first-order valence-corrected chi connectivity index (χ1v) is 9.13. The van der Waals surface area contributed by atoms with Crippen LogP contribution in [0, 0.1) is 5.92 Å². The van der Waals surface area contributed by atoms with Crippen LogP contribution in [-0.4, -0.2) is 52.5 Å². The van der Waals surface area contributed by atoms with Gasteiger partial charge in [-0.15, -0.1) is 11.3 Å². The summed E-state index contributed by atoms with van der Waals surface area (Å²) in [5, 5.41) is 4.69. The molecule has 1 atom stereocenters. The molecule has 2 heterocycles. The first-order chi connectivity index (χ1) is 10.0. The molecular formula is C13H20N2O4S2. The lowest BCUT2D eigenvalue weighted by molar-refractivity contribution is 0.0602. The van der Waals surface area contributed by atoms with E-state index >= 15 is 0 Å². The second-order valence-corrected chi connectivity index (χ2v) is 7.86. The Balaban J connectivity index is 2.26. The average molecular weight is 332 g/mol. The highest BCUT2D eigenvalue weighted by Crippen LogP contribution is 2.29. The largest absolute Gasteiger partial charge is 0.465 e. The van der Waals surface area contributed by atoms with Gasteiger partial charge in [-0.25, -0.2) is 13.2 Å². The van der Waals surface area contributed by atoms with Crippen LogP contribution in [0.4, 0.5) is 0 Å². The van der Waals surface area contributed by atoms with Gasteiger partial charge in [0.25, 0.3) is 0 Å². The van der Waals surface area contributed by atoms with E-state index in [0.717, 1.165) is 30.7 Å². The van der Waals surface area contributed by atoms with E-state index in [1.54, 1.807) is 5.38 Å². The third-order valence-electron chi connectivity index (χ3n) is 3.59. The van der Waals surface area contributed by atoms with Crippen molar-refractivity contribution >= 4 is 27.3 Å². The van der Waals surface area contributed by atoms with Crippen LogP contribution >= 0.6 is 11.3 Å². The Morgan fingerprint density at radius 3 is 3.00 bits per heavy atom. The van der Waals surface area contributed by atoms with E-state index in [4.69, 9.17) is 0 Å². The van der Waals surface area contributed by atoms with Gasteiger partial charge < -0.3 is 10.1 Å². The molecule has 0 radical (unpaired) electrons. The van der Waals surface area contributed by atoms with Crippen molar-refractivity contribution in [1.82, 2.24) is 9.62 Å². The number of carbonyl (C=O) groups excluding carboxylic acids is 1. The Labute approximate surface area is 129 Å². The summed E-state index contributed by atoms with van der Waals surface area (Å²) in [4.78, 5) is 11.9. The fourth-order valence-electron chi connectivity index (χ4n) is 2.58. The van der Waals surface area contributed by atoms with E-state index in [9.17, 15) is 13.2 Å². The molecular weight excluding hydrogens is 312 g/mol. The van der Waals surface area contributed by atoms with Gasteiger partial charge in [0.2, 0.25) is 10.0 Å². The molecule has 21 heavy (non-hydrogen) atoms. The Bertz CT molecular complexity index is 595. The van der Waals surface area contributed by atoms with Gasteiger partial charge in [-0.1, -0.05) is 0 Å². The number of sulfonamides is 1. The molecule has 1 saturated heterocycles. The van der Waals surface area contributed by atoms with Crippen LogP contribution in [-0.2, 0) is 14.8 Å². The molecule has 1 unspecified atom stereocenters. The van der Waals surface area contributed by atoms with Crippen molar-refractivity contribution in [2.75, 3.05) is 33.8 Å². The molecule has 0 aromatic carbocycles. The molecule has 1 aromatic rings. The minimum atomic E-state index is -3.64. The van der Waals surface area contributed by atoms with Crippen molar-refractivity contribution in [2.45, 2.75) is 17.7 Å². The summed E-state index contributed by atoms with van der Waals surface area (Å²) in [6, 6.07) is 1.48. The van der Waals surface area contributed by atoms with Crippen LogP contribution in [0.25, 0.3) is 0 Å². The molecule has 118 valence electrons. The molecule has 0 saturated carbocycles. The molecule has 0 amide bonds. The van der Waals surface area contributed by atoms with Crippen molar-refractivity contribution in [3.8, 4) is 0 Å². The minimum Gasteiger partial charge on any atom is -0.465 e. The zero-order chi connectivity index (χ0) is 15.5. The number of nitrogens with one attached hydrogen (secondary N) is 1. The second kappa shape index (κ2) is 6.87. The molecule has 6 nitrogen and oxygen atoms in total. The van der Waals surface area contributed by atoms with Crippen LogP contribution < -0.4 is 5.32 Å². The first kappa shape index (κ1) is 16.4. The highest BCUT2D eigenvalue weighted by atomic mass is 32.2. The maximum absolute atomic E-state index is 12.7. The van der Waals surface area contributed by atoms with Crippen molar-refractivity contribution in [3.05, 3.63) is 16.3 Å². The lowest BCUT2D eigenvalue weighted by Gasteiger charge is -2.31. The first-order valence-electron chi connectivity index (χ1n) is 6.81. The zero-order valence-corrected chi connectivity index (χ0v) is 13.8. The predicted molar refractivity (Wildman–Crippen MR) is 81.1 cm³/mol. The van der Waals surface area contributed by atoms with Crippen LogP contribution in [0.2, 0.25) is 0 Å². The highest BCUT2D eigenvalue weighted by molar-refractivity contribution is 7.89. The summed E-state index contributed by atoms with van der Waals surface area (Å²) >= 11 is 1.09. The van der Waals surface area contributed by atoms with Crippen molar-refractivity contribution < 1.29 is 17.9 Å². The topological polar surface area (TPSA) is 75.7 Å². The van der Waals surface area contributed by atoms with Gasteiger partial charge in [0.1, 0.15) is 9.77 Å². The molecule has 8 heteroatoms. The second-order valence-electron chi connectivity index (χ2n) is 5.03. The number of esters is 1. The molecule has 1 N–H and O–H groups in total. The van der Waals surface area contributed by atoms with Gasteiger partial charge >= 0.3 is 5.97 Å². The van der Waals surface area contributed by atoms with E-state index in [0.29, 0.717) is 19.0 Å². The monoisotopic (exact) mass is 332 g/mol. The number of ether oxygens (including phenoxy) is 1. The smallest absolute Gasteiger partial charge is 0.349 e. The third kappa shape index (κ3) is 3.45. The SMILES string of the molecule is CNCC1CCCN(S(=O)(=O)c2ccsc2C(=O)OC)C1. The number of hydrogen-bond acceptors (Lipinski definition) is 6. The Morgan fingerprint density at radius 1 is 1.57 bits per heavy atom. The van der Waals surface area contributed by atoms with Crippen LogP contribution in [0.1, 0.15) is 22.5 Å². The number of thiophene rings is 1. The Kier molecular flexibility index (Phi) is 5.37. The number of methoxy groups -OCH3 is 1. The number of hydrogen-bond donors (Lipinski definition) is 1. The average Bonchev–Trinajstić information content (AvgIpc) is 2.97. The van der Waals surface area contributed by atoms with Gasteiger partial charge in [0.05, 0.1) is 7.11 Å². The van der Waals surface area contributed by atoms with Crippen molar-refractivity contribution in [3.63, 3.8) is 0 Å². The Morgan fingerprint density at radius 2 is 2.33 bits per heavy atom. The van der Waals surface area contributed by atoms with Crippen LogP contribution in [0.15, 0.2) is 16.3 Å². The molecule has 1 aliphatic heterocycles. The fourth-order valence-corrected chi connectivity index (χ4v) is 5.44. The molecule has 0 aliphatic carbocycles. The standard InChI is InChI=1S/C13H20N2O4S2/c1-14-8-10-4-3-6-15(9-10)21(17,18)11-5-7-20-12(11)13(16)19-2/h5,7,10,14H,3-4,6,8-9H2,1-2H3. The Hall–Kier alpha value is -0.960. The zero-order valence-electron chi connectivity index (χ0n) is 12.2. The van der Waals surface area contributed by atoms with Gasteiger partial charge in [0, 0.05) is 13.1 Å². The summed E-state index contributed by atoms with van der Waals surface area (Å²) in [5.41, 5.74) is 0. The van der Waals surface area contributed by atoms with Gasteiger partial charge in [-0.05, 0) is 43.8 Å². The highest BCUT2D eigenvalue weighted by Gasteiger charge is 2.33. The summed E-state index contributed by atoms with van der Waals surface area (Å²) in [6.07, 6.45) is 1.85. The number of nitrogens with zero attached hydrogens (tertiary/aromatic N) is 1. The molecule has 1 aliphatic rings. The fraction of sp³-hybridized carbons (Fsp3) is 0.615. The van der Waals surface area contributed by atoms with E-state index in [-0.39, 0.29) is 9.77 Å². The maximum Gasteiger partial charge on any atom is 0.349 e. The predicted octanol–water partition coefficient (Wildman–Crippen LogP) is 1.15. The minimum absolute atomic E-state index is 0.0597. The summed E-state index contributed by atoms with van der Waals surface area (Å²) in [6.45, 7) is 1.78. The molecule has 2 rings (SSSR count). The van der Waals surface area contributed by atoms with E-state index in [2.05, 4.69) is 10.1 Å². The number of piperidine rings is 1. The molecule has 1 aromatic heterocycles. The van der Waals surface area contributed by atoms with Crippen molar-refractivity contribution in [1.29, 1.82) is 0 Å². The molecule has 0 bridgehead atoms. The molecule has 1 fully saturated rings. The lowest BCUT2D eigenvalue weighted by Crippen LogP contribution is -2.42. The molecule has 0 spiro atoms. The normalized spacial score (nSPS) is 20.4. The van der Waals surface area contributed by atoms with Crippen LogP contribution in [0.5, 0.6) is 0 Å².